The topological polar surface area (TPSA) is 41.6 Å². The lowest BCUT2D eigenvalue weighted by molar-refractivity contribution is -0.132. The summed E-state index contributed by atoms with van der Waals surface area (Å²) in [5, 5.41) is 3.35. The lowest BCUT2D eigenvalue weighted by Gasteiger charge is -2.30. The van der Waals surface area contributed by atoms with Crippen molar-refractivity contribution in [3.63, 3.8) is 0 Å². The molecular formula is C17H23FN2O2. The van der Waals surface area contributed by atoms with Crippen molar-refractivity contribution >= 4 is 5.91 Å². The number of nitrogens with one attached hydrogen (secondary N) is 1. The average Bonchev–Trinajstić information content (AvgIpc) is 2.86. The minimum absolute atomic E-state index is 0.159. The summed E-state index contributed by atoms with van der Waals surface area (Å²) in [6, 6.07) is 5.37. The Balaban J connectivity index is 1.52. The van der Waals surface area contributed by atoms with Gasteiger partial charge in [-0.25, -0.2) is 4.39 Å². The molecule has 0 radical (unpaired) electrons. The molecule has 120 valence electrons. The maximum Gasteiger partial charge on any atom is 0.226 e. The van der Waals surface area contributed by atoms with Gasteiger partial charge < -0.3 is 15.0 Å². The van der Waals surface area contributed by atoms with E-state index < -0.39 is 0 Å². The highest BCUT2D eigenvalue weighted by Crippen LogP contribution is 2.29. The monoisotopic (exact) mass is 306 g/mol. The van der Waals surface area contributed by atoms with Crippen molar-refractivity contribution < 1.29 is 13.9 Å². The standard InChI is InChI=1S/C17H23FN2O2/c1-22-16-9-12(5-6-15(16)18)3-2-4-13-10-14-11-19-7-8-20(14)17(13)21/h5-6,9,13-14,19H,2-4,7-8,10-11H2,1H3/t13-,14-/m0/s1. The molecule has 3 rings (SSSR count). The first-order chi connectivity index (χ1) is 10.7. The molecule has 0 saturated carbocycles. The number of hydrogen-bond acceptors (Lipinski definition) is 3. The summed E-state index contributed by atoms with van der Waals surface area (Å²) >= 11 is 0. The van der Waals surface area contributed by atoms with E-state index in [2.05, 4.69) is 5.32 Å². The van der Waals surface area contributed by atoms with E-state index in [0.29, 0.717) is 11.9 Å². The number of carbonyl (C=O) groups excluding carboxylic acids is 1. The molecule has 0 bridgehead atoms. The summed E-state index contributed by atoms with van der Waals surface area (Å²) in [6.45, 7) is 2.68. The molecule has 2 aliphatic heterocycles. The van der Waals surface area contributed by atoms with E-state index in [1.54, 1.807) is 12.1 Å². The third-order valence-electron chi connectivity index (χ3n) is 4.77. The number of piperazine rings is 1. The van der Waals surface area contributed by atoms with Crippen LogP contribution in [0.5, 0.6) is 5.75 Å². The third-order valence-corrected chi connectivity index (χ3v) is 4.77. The molecule has 0 unspecified atom stereocenters. The van der Waals surface area contributed by atoms with Crippen molar-refractivity contribution in [2.75, 3.05) is 26.7 Å². The Labute approximate surface area is 130 Å². The molecule has 2 saturated heterocycles. The van der Waals surface area contributed by atoms with Gasteiger partial charge in [-0.15, -0.1) is 0 Å². The molecule has 5 heteroatoms. The summed E-state index contributed by atoms with van der Waals surface area (Å²) in [6.07, 6.45) is 3.67. The average molecular weight is 306 g/mol. The van der Waals surface area contributed by atoms with Crippen molar-refractivity contribution in [3.05, 3.63) is 29.6 Å². The lowest BCUT2D eigenvalue weighted by atomic mass is 9.96. The van der Waals surface area contributed by atoms with Gasteiger partial charge in [0.15, 0.2) is 11.6 Å². The van der Waals surface area contributed by atoms with Crippen LogP contribution in [-0.2, 0) is 11.2 Å². The van der Waals surface area contributed by atoms with Gasteiger partial charge in [0, 0.05) is 31.6 Å². The number of amides is 1. The number of rotatable bonds is 5. The quantitative estimate of drug-likeness (QED) is 0.904. The van der Waals surface area contributed by atoms with E-state index in [1.165, 1.54) is 13.2 Å². The van der Waals surface area contributed by atoms with Crippen molar-refractivity contribution in [1.82, 2.24) is 10.2 Å². The van der Waals surface area contributed by atoms with Gasteiger partial charge in [0.2, 0.25) is 5.91 Å². The summed E-state index contributed by atoms with van der Waals surface area (Å²) in [5.41, 5.74) is 1.06. The minimum Gasteiger partial charge on any atom is -0.494 e. The maximum atomic E-state index is 13.4. The van der Waals surface area contributed by atoms with E-state index in [4.69, 9.17) is 4.74 Å². The number of aryl methyl sites for hydroxylation is 1. The molecule has 0 aromatic heterocycles. The van der Waals surface area contributed by atoms with Crippen LogP contribution in [-0.4, -0.2) is 43.6 Å². The van der Waals surface area contributed by atoms with Crippen molar-refractivity contribution in [2.24, 2.45) is 5.92 Å². The molecule has 2 atom stereocenters. The molecule has 0 spiro atoms. The Morgan fingerprint density at radius 3 is 3.09 bits per heavy atom. The summed E-state index contributed by atoms with van der Waals surface area (Å²) in [7, 11) is 1.48. The highest BCUT2D eigenvalue weighted by Gasteiger charge is 2.39. The predicted molar refractivity (Wildman–Crippen MR) is 82.4 cm³/mol. The number of benzene rings is 1. The van der Waals surface area contributed by atoms with Crippen LogP contribution in [0.4, 0.5) is 4.39 Å². The molecule has 2 fully saturated rings. The van der Waals surface area contributed by atoms with Crippen LogP contribution >= 0.6 is 0 Å². The van der Waals surface area contributed by atoms with Crippen molar-refractivity contribution in [1.29, 1.82) is 0 Å². The summed E-state index contributed by atoms with van der Waals surface area (Å²) in [5.74, 6) is 0.440. The first-order valence-electron chi connectivity index (χ1n) is 8.02. The Hall–Kier alpha value is -1.62. The van der Waals surface area contributed by atoms with Gasteiger partial charge in [-0.1, -0.05) is 6.07 Å². The number of methoxy groups -OCH3 is 1. The third kappa shape index (κ3) is 3.09. The zero-order chi connectivity index (χ0) is 15.5. The van der Waals surface area contributed by atoms with E-state index in [9.17, 15) is 9.18 Å². The molecule has 1 aromatic carbocycles. The molecule has 1 amide bonds. The molecule has 2 aliphatic rings. The normalized spacial score (nSPS) is 24.5. The summed E-state index contributed by atoms with van der Waals surface area (Å²) < 4.78 is 18.4. The van der Waals surface area contributed by atoms with Crippen LogP contribution in [0.3, 0.4) is 0 Å². The Morgan fingerprint density at radius 2 is 2.32 bits per heavy atom. The SMILES string of the molecule is COc1cc(CCC[C@H]2C[C@H]3CNCCN3C2=O)ccc1F. The number of halogens is 1. The highest BCUT2D eigenvalue weighted by molar-refractivity contribution is 5.81. The maximum absolute atomic E-state index is 13.4. The van der Waals surface area contributed by atoms with Gasteiger partial charge in [0.1, 0.15) is 0 Å². The minimum atomic E-state index is -0.332. The fourth-order valence-corrected chi connectivity index (χ4v) is 3.58. The van der Waals surface area contributed by atoms with E-state index >= 15 is 0 Å². The smallest absolute Gasteiger partial charge is 0.226 e. The number of carbonyl (C=O) groups is 1. The van der Waals surface area contributed by atoms with Crippen LogP contribution in [0, 0.1) is 11.7 Å². The van der Waals surface area contributed by atoms with Gasteiger partial charge in [-0.3, -0.25) is 4.79 Å². The second-order valence-corrected chi connectivity index (χ2v) is 6.18. The first-order valence-corrected chi connectivity index (χ1v) is 8.02. The lowest BCUT2D eigenvalue weighted by Crippen LogP contribution is -2.49. The molecule has 1 aromatic rings. The molecule has 22 heavy (non-hydrogen) atoms. The fourth-order valence-electron chi connectivity index (χ4n) is 3.58. The molecule has 2 heterocycles. The van der Waals surface area contributed by atoms with Gasteiger partial charge in [0.25, 0.3) is 0 Å². The van der Waals surface area contributed by atoms with E-state index in [1.807, 2.05) is 4.90 Å². The van der Waals surface area contributed by atoms with E-state index in [-0.39, 0.29) is 17.5 Å². The largest absolute Gasteiger partial charge is 0.494 e. The van der Waals surface area contributed by atoms with Crippen LogP contribution < -0.4 is 10.1 Å². The predicted octanol–water partition coefficient (Wildman–Crippen LogP) is 1.98. The number of hydrogen-bond donors (Lipinski definition) is 1. The Morgan fingerprint density at radius 1 is 1.45 bits per heavy atom. The second kappa shape index (κ2) is 6.65. The van der Waals surface area contributed by atoms with Gasteiger partial charge in [-0.2, -0.15) is 0 Å². The number of ether oxygens (including phenoxy) is 1. The van der Waals surface area contributed by atoms with Crippen LogP contribution in [0.1, 0.15) is 24.8 Å². The molecule has 0 aliphatic carbocycles. The van der Waals surface area contributed by atoms with Crippen LogP contribution in [0.15, 0.2) is 18.2 Å². The van der Waals surface area contributed by atoms with Gasteiger partial charge in [-0.05, 0) is 43.4 Å². The first kappa shape index (κ1) is 15.3. The Kier molecular flexibility index (Phi) is 4.62. The molecule has 4 nitrogen and oxygen atoms in total. The van der Waals surface area contributed by atoms with Crippen molar-refractivity contribution in [2.45, 2.75) is 31.7 Å². The van der Waals surface area contributed by atoms with Crippen LogP contribution in [0.2, 0.25) is 0 Å². The zero-order valence-corrected chi connectivity index (χ0v) is 13.0. The fraction of sp³-hybridized carbons (Fsp3) is 0.588. The second-order valence-electron chi connectivity index (χ2n) is 6.18. The highest BCUT2D eigenvalue weighted by atomic mass is 19.1. The summed E-state index contributed by atoms with van der Waals surface area (Å²) in [4.78, 5) is 14.4. The number of nitrogens with zero attached hydrogens (tertiary/aromatic N) is 1. The Bertz CT molecular complexity index is 549. The van der Waals surface area contributed by atoms with E-state index in [0.717, 1.165) is 50.9 Å². The van der Waals surface area contributed by atoms with Crippen molar-refractivity contribution in [3.8, 4) is 5.75 Å². The molecule has 1 N–H and O–H groups in total. The van der Waals surface area contributed by atoms with Crippen LogP contribution in [0.25, 0.3) is 0 Å². The van der Waals surface area contributed by atoms with Gasteiger partial charge >= 0.3 is 0 Å². The zero-order valence-electron chi connectivity index (χ0n) is 13.0. The van der Waals surface area contributed by atoms with Gasteiger partial charge in [0.05, 0.1) is 7.11 Å². The number of fused-ring (bicyclic) bond motifs is 1. The molecular weight excluding hydrogens is 283 g/mol.